The molecule has 0 heterocycles. The molecule has 1 aliphatic rings. The number of hydrogen-bond acceptors (Lipinski definition) is 3. The number of aryl methyl sites for hydroxylation is 1. The van der Waals surface area contributed by atoms with Crippen LogP contribution in [-0.4, -0.2) is 0 Å². The molecule has 0 aliphatic heterocycles. The molecule has 20 heavy (non-hydrogen) atoms. The van der Waals surface area contributed by atoms with Crippen LogP contribution in [0.3, 0.4) is 0 Å². The number of anilines is 1. The third-order valence-corrected chi connectivity index (χ3v) is 4.86. The monoisotopic (exact) mass is 280 g/mol. The molecule has 2 N–H and O–H groups in total. The minimum Gasteiger partial charge on any atom is -0.398 e. The van der Waals surface area contributed by atoms with E-state index >= 15 is 0 Å². The van der Waals surface area contributed by atoms with Crippen molar-refractivity contribution in [2.75, 3.05) is 5.73 Å². The van der Waals surface area contributed by atoms with Crippen molar-refractivity contribution >= 4 is 17.4 Å². The van der Waals surface area contributed by atoms with Crippen molar-refractivity contribution in [1.82, 2.24) is 0 Å². The van der Waals surface area contributed by atoms with Crippen LogP contribution in [0.4, 0.5) is 5.69 Å². The number of hydrogen-bond donors (Lipinski definition) is 1. The second-order valence-corrected chi connectivity index (χ2v) is 6.31. The molecule has 1 saturated carbocycles. The van der Waals surface area contributed by atoms with E-state index in [2.05, 4.69) is 25.1 Å². The molecule has 2 aromatic rings. The predicted octanol–water partition coefficient (Wildman–Crippen LogP) is 4.48. The zero-order valence-electron chi connectivity index (χ0n) is 11.4. The second kappa shape index (κ2) is 5.22. The van der Waals surface area contributed by atoms with Crippen molar-refractivity contribution in [2.45, 2.75) is 35.5 Å². The molecule has 2 nitrogen and oxygen atoms in total. The van der Waals surface area contributed by atoms with Gasteiger partial charge in [-0.3, -0.25) is 0 Å². The average Bonchev–Trinajstić information content (AvgIpc) is 3.27. The van der Waals surface area contributed by atoms with Crippen molar-refractivity contribution in [1.29, 1.82) is 5.26 Å². The molecule has 100 valence electrons. The van der Waals surface area contributed by atoms with Gasteiger partial charge in [-0.05, 0) is 61.1 Å². The lowest BCUT2D eigenvalue weighted by atomic mass is 10.1. The van der Waals surface area contributed by atoms with Gasteiger partial charge in [-0.15, -0.1) is 0 Å². The van der Waals surface area contributed by atoms with E-state index in [0.29, 0.717) is 5.92 Å². The standard InChI is InChI=1S/C17H16N2S/c1-11-8-15(19)14(12-6-7-12)9-17(11)20-16-5-3-2-4-13(16)10-18/h2-5,8-9,12H,6-7,19H2,1H3. The first kappa shape index (κ1) is 13.1. The molecular weight excluding hydrogens is 264 g/mol. The molecule has 0 spiro atoms. The maximum absolute atomic E-state index is 9.18. The maximum Gasteiger partial charge on any atom is 0.100 e. The van der Waals surface area contributed by atoms with Gasteiger partial charge >= 0.3 is 0 Å². The van der Waals surface area contributed by atoms with Crippen LogP contribution in [0.1, 0.15) is 35.4 Å². The van der Waals surface area contributed by atoms with Gasteiger partial charge in [0.25, 0.3) is 0 Å². The Morgan fingerprint density at radius 1 is 1.20 bits per heavy atom. The molecule has 3 heteroatoms. The van der Waals surface area contributed by atoms with E-state index in [1.54, 1.807) is 11.8 Å². The molecule has 0 aromatic heterocycles. The summed E-state index contributed by atoms with van der Waals surface area (Å²) in [5, 5.41) is 9.18. The van der Waals surface area contributed by atoms with Crippen LogP contribution < -0.4 is 5.73 Å². The number of nitriles is 1. The number of rotatable bonds is 3. The number of nitrogen functional groups attached to an aromatic ring is 1. The van der Waals surface area contributed by atoms with Crippen LogP contribution >= 0.6 is 11.8 Å². The van der Waals surface area contributed by atoms with Crippen molar-refractivity contribution in [2.24, 2.45) is 0 Å². The summed E-state index contributed by atoms with van der Waals surface area (Å²) in [6.07, 6.45) is 2.48. The summed E-state index contributed by atoms with van der Waals surface area (Å²) in [5.41, 5.74) is 10.2. The first-order valence-electron chi connectivity index (χ1n) is 6.76. The summed E-state index contributed by atoms with van der Waals surface area (Å²) in [4.78, 5) is 2.20. The Labute approximate surface area is 123 Å². The van der Waals surface area contributed by atoms with Gasteiger partial charge < -0.3 is 5.73 Å². The van der Waals surface area contributed by atoms with Gasteiger partial charge in [0.05, 0.1) is 5.56 Å². The van der Waals surface area contributed by atoms with Crippen LogP contribution in [-0.2, 0) is 0 Å². The summed E-state index contributed by atoms with van der Waals surface area (Å²) in [5.74, 6) is 0.640. The summed E-state index contributed by atoms with van der Waals surface area (Å²) >= 11 is 1.66. The maximum atomic E-state index is 9.18. The highest BCUT2D eigenvalue weighted by atomic mass is 32.2. The number of nitrogens with zero attached hydrogens (tertiary/aromatic N) is 1. The summed E-state index contributed by atoms with van der Waals surface area (Å²) in [7, 11) is 0. The quantitative estimate of drug-likeness (QED) is 0.843. The molecule has 0 radical (unpaired) electrons. The fourth-order valence-corrected chi connectivity index (χ4v) is 3.36. The molecular formula is C17H16N2S. The Kier molecular flexibility index (Phi) is 3.42. The normalized spacial score (nSPS) is 14.0. The van der Waals surface area contributed by atoms with Crippen molar-refractivity contribution < 1.29 is 0 Å². The zero-order valence-corrected chi connectivity index (χ0v) is 12.2. The van der Waals surface area contributed by atoms with Crippen molar-refractivity contribution in [3.8, 4) is 6.07 Å². The molecule has 0 unspecified atom stereocenters. The minimum absolute atomic E-state index is 0.640. The van der Waals surface area contributed by atoms with Gasteiger partial charge in [0, 0.05) is 15.5 Å². The Morgan fingerprint density at radius 3 is 2.65 bits per heavy atom. The fourth-order valence-electron chi connectivity index (χ4n) is 2.35. The minimum atomic E-state index is 0.640. The molecule has 0 saturated heterocycles. The summed E-state index contributed by atoms with van der Waals surface area (Å²) < 4.78 is 0. The molecule has 0 bridgehead atoms. The Balaban J connectivity index is 1.98. The third-order valence-electron chi connectivity index (χ3n) is 3.63. The highest BCUT2D eigenvalue weighted by Gasteiger charge is 2.26. The van der Waals surface area contributed by atoms with Crippen molar-refractivity contribution in [3.63, 3.8) is 0 Å². The third kappa shape index (κ3) is 2.52. The van der Waals surface area contributed by atoms with Gasteiger partial charge in [0.1, 0.15) is 6.07 Å². The molecule has 2 aromatic carbocycles. The van der Waals surface area contributed by atoms with Crippen molar-refractivity contribution in [3.05, 3.63) is 53.1 Å². The average molecular weight is 280 g/mol. The Morgan fingerprint density at radius 2 is 1.95 bits per heavy atom. The lowest BCUT2D eigenvalue weighted by Gasteiger charge is -2.12. The van der Waals surface area contributed by atoms with Gasteiger partial charge in [0.2, 0.25) is 0 Å². The van der Waals surface area contributed by atoms with Crippen LogP contribution in [0.15, 0.2) is 46.2 Å². The lowest BCUT2D eigenvalue weighted by Crippen LogP contribution is -1.95. The van der Waals surface area contributed by atoms with Gasteiger partial charge in [-0.25, -0.2) is 0 Å². The first-order valence-corrected chi connectivity index (χ1v) is 7.57. The summed E-state index contributed by atoms with van der Waals surface area (Å²) in [6.45, 7) is 2.07. The first-order chi connectivity index (χ1) is 9.69. The van der Waals surface area contributed by atoms with E-state index < -0.39 is 0 Å². The van der Waals surface area contributed by atoms with E-state index in [0.717, 1.165) is 16.1 Å². The van der Waals surface area contributed by atoms with Crippen LogP contribution in [0.25, 0.3) is 0 Å². The Bertz CT molecular complexity index is 697. The summed E-state index contributed by atoms with van der Waals surface area (Å²) in [6, 6.07) is 14.2. The van der Waals surface area contributed by atoms with Gasteiger partial charge in [0.15, 0.2) is 0 Å². The molecule has 1 fully saturated rings. The number of benzene rings is 2. The highest BCUT2D eigenvalue weighted by molar-refractivity contribution is 7.99. The lowest BCUT2D eigenvalue weighted by molar-refractivity contribution is 1.10. The molecule has 3 rings (SSSR count). The Hall–Kier alpha value is -1.92. The van der Waals surface area contributed by atoms with E-state index in [9.17, 15) is 5.26 Å². The number of nitrogens with two attached hydrogens (primary N) is 1. The molecule has 0 amide bonds. The van der Waals surface area contributed by atoms with Crippen LogP contribution in [0.2, 0.25) is 0 Å². The fraction of sp³-hybridized carbons (Fsp3) is 0.235. The zero-order chi connectivity index (χ0) is 14.1. The molecule has 1 aliphatic carbocycles. The smallest absolute Gasteiger partial charge is 0.100 e. The van der Waals surface area contributed by atoms with E-state index in [1.807, 2.05) is 24.3 Å². The predicted molar refractivity (Wildman–Crippen MR) is 82.8 cm³/mol. The van der Waals surface area contributed by atoms with Crippen LogP contribution in [0, 0.1) is 18.3 Å². The highest BCUT2D eigenvalue weighted by Crippen LogP contribution is 2.45. The van der Waals surface area contributed by atoms with E-state index in [4.69, 9.17) is 5.73 Å². The largest absolute Gasteiger partial charge is 0.398 e. The van der Waals surface area contributed by atoms with Gasteiger partial charge in [-0.2, -0.15) is 5.26 Å². The second-order valence-electron chi connectivity index (χ2n) is 5.23. The topological polar surface area (TPSA) is 49.8 Å². The SMILES string of the molecule is Cc1cc(N)c(C2CC2)cc1Sc1ccccc1C#N. The van der Waals surface area contributed by atoms with E-state index in [-0.39, 0.29) is 0 Å². The van der Waals surface area contributed by atoms with Gasteiger partial charge in [-0.1, -0.05) is 23.9 Å². The van der Waals surface area contributed by atoms with E-state index in [1.165, 1.54) is 28.9 Å². The molecule has 0 atom stereocenters. The van der Waals surface area contributed by atoms with Crippen LogP contribution in [0.5, 0.6) is 0 Å².